The summed E-state index contributed by atoms with van der Waals surface area (Å²) in [6.07, 6.45) is 2.41. The van der Waals surface area contributed by atoms with E-state index < -0.39 is 5.82 Å². The largest absolute Gasteiger partial charge is 0.506 e. The number of fused-ring (bicyclic) bond motifs is 1. The van der Waals surface area contributed by atoms with Gasteiger partial charge in [-0.2, -0.15) is 5.10 Å². The number of methoxy groups -OCH3 is 1. The SMILES string of the molecule is COCCOc1cc2[nH]nc(/C(O)=C/C(=N)c3ccc(C4CCNCC4(C)C)cc3)c2cc1F. The Kier molecular flexibility index (Phi) is 7.00. The molecule has 2 heterocycles. The number of aliphatic hydroxyl groups is 1. The standard InChI is InChI=1S/C26H31FN4O3/c1-26(2)15-29-9-8-19(26)16-4-6-17(7-5-16)21(28)13-23(32)25-18-12-20(27)24(34-11-10-33-3)14-22(18)30-31-25/h4-7,12-14,19,28-29,32H,8-11,15H2,1-3H3,(H,30,31)/b23-13-,28-21?. The number of aliphatic hydroxyl groups excluding tert-OH is 1. The minimum absolute atomic E-state index is 0.0768. The van der Waals surface area contributed by atoms with E-state index in [1.165, 1.54) is 23.8 Å². The smallest absolute Gasteiger partial charge is 0.165 e. The monoisotopic (exact) mass is 466 g/mol. The number of hydrogen-bond acceptors (Lipinski definition) is 6. The van der Waals surface area contributed by atoms with Crippen LogP contribution in [-0.2, 0) is 4.74 Å². The maximum absolute atomic E-state index is 14.5. The van der Waals surface area contributed by atoms with E-state index in [-0.39, 0.29) is 34.9 Å². The van der Waals surface area contributed by atoms with Gasteiger partial charge in [-0.15, -0.1) is 0 Å². The van der Waals surface area contributed by atoms with Gasteiger partial charge in [-0.1, -0.05) is 38.1 Å². The lowest BCUT2D eigenvalue weighted by Crippen LogP contribution is -2.41. The van der Waals surface area contributed by atoms with Crippen LogP contribution >= 0.6 is 0 Å². The maximum atomic E-state index is 14.5. The second-order valence-corrected chi connectivity index (χ2v) is 9.31. The number of nitrogens with one attached hydrogen (secondary N) is 3. The summed E-state index contributed by atoms with van der Waals surface area (Å²) in [7, 11) is 1.54. The molecule has 0 radical (unpaired) electrons. The molecule has 8 heteroatoms. The molecule has 4 rings (SSSR count). The lowest BCUT2D eigenvalue weighted by molar-refractivity contribution is 0.144. The number of H-pyrrole nitrogens is 1. The molecule has 180 valence electrons. The number of hydrogen-bond donors (Lipinski definition) is 4. The van der Waals surface area contributed by atoms with E-state index >= 15 is 0 Å². The van der Waals surface area contributed by atoms with Crippen molar-refractivity contribution in [2.24, 2.45) is 5.41 Å². The van der Waals surface area contributed by atoms with E-state index in [1.54, 1.807) is 7.11 Å². The number of halogens is 1. The third-order valence-corrected chi connectivity index (χ3v) is 6.44. The summed E-state index contributed by atoms with van der Waals surface area (Å²) in [5, 5.41) is 29.9. The minimum Gasteiger partial charge on any atom is -0.506 e. The van der Waals surface area contributed by atoms with Gasteiger partial charge in [0.1, 0.15) is 18.1 Å². The van der Waals surface area contributed by atoms with E-state index in [1.807, 2.05) is 12.1 Å². The van der Waals surface area contributed by atoms with Crippen LogP contribution in [0.2, 0.25) is 0 Å². The topological polar surface area (TPSA) is 103 Å². The molecule has 1 fully saturated rings. The first-order valence-electron chi connectivity index (χ1n) is 11.4. The maximum Gasteiger partial charge on any atom is 0.165 e. The fourth-order valence-corrected chi connectivity index (χ4v) is 4.53. The van der Waals surface area contributed by atoms with Crippen LogP contribution in [0.25, 0.3) is 16.7 Å². The van der Waals surface area contributed by atoms with Crippen LogP contribution in [0.5, 0.6) is 5.75 Å². The average molecular weight is 467 g/mol. The lowest BCUT2D eigenvalue weighted by Gasteiger charge is -2.39. The molecule has 1 unspecified atom stereocenters. The summed E-state index contributed by atoms with van der Waals surface area (Å²) in [6, 6.07) is 10.7. The average Bonchev–Trinajstić information content (AvgIpc) is 3.22. The van der Waals surface area contributed by atoms with Gasteiger partial charge >= 0.3 is 0 Å². The van der Waals surface area contributed by atoms with Gasteiger partial charge < -0.3 is 25.3 Å². The van der Waals surface area contributed by atoms with Gasteiger partial charge in [0.15, 0.2) is 11.6 Å². The molecular weight excluding hydrogens is 435 g/mol. The third kappa shape index (κ3) is 4.98. The molecule has 4 N–H and O–H groups in total. The van der Waals surface area contributed by atoms with Crippen LogP contribution in [0.15, 0.2) is 42.5 Å². The highest BCUT2D eigenvalue weighted by atomic mass is 19.1. The molecule has 0 spiro atoms. The second-order valence-electron chi connectivity index (χ2n) is 9.31. The fourth-order valence-electron chi connectivity index (χ4n) is 4.53. The van der Waals surface area contributed by atoms with Crippen molar-refractivity contribution in [3.63, 3.8) is 0 Å². The Balaban J connectivity index is 1.52. The number of piperidine rings is 1. The molecule has 0 bridgehead atoms. The van der Waals surface area contributed by atoms with Crippen molar-refractivity contribution < 1.29 is 19.0 Å². The number of allylic oxidation sites excluding steroid dienone is 1. The van der Waals surface area contributed by atoms with Gasteiger partial charge in [0.2, 0.25) is 0 Å². The summed E-state index contributed by atoms with van der Waals surface area (Å²) >= 11 is 0. The number of aromatic nitrogens is 2. The molecule has 0 aliphatic carbocycles. The summed E-state index contributed by atoms with van der Waals surface area (Å²) in [5.74, 6) is -0.250. The van der Waals surface area contributed by atoms with E-state index in [0.29, 0.717) is 29.0 Å². The number of benzene rings is 2. The summed E-state index contributed by atoms with van der Waals surface area (Å²) in [6.45, 7) is 7.08. The quantitative estimate of drug-likeness (QED) is 0.217. The molecular formula is C26H31FN4O3. The van der Waals surface area contributed by atoms with Crippen molar-refractivity contribution in [2.45, 2.75) is 26.2 Å². The highest BCUT2D eigenvalue weighted by Crippen LogP contribution is 2.39. The van der Waals surface area contributed by atoms with Crippen molar-refractivity contribution >= 4 is 22.4 Å². The Labute approximate surface area is 198 Å². The van der Waals surface area contributed by atoms with Crippen molar-refractivity contribution in [3.8, 4) is 5.75 Å². The van der Waals surface area contributed by atoms with Gasteiger partial charge in [-0.05, 0) is 41.5 Å². The van der Waals surface area contributed by atoms with Gasteiger partial charge in [-0.25, -0.2) is 4.39 Å². The zero-order valence-corrected chi connectivity index (χ0v) is 19.7. The van der Waals surface area contributed by atoms with Crippen LogP contribution in [0.1, 0.15) is 43.0 Å². The van der Waals surface area contributed by atoms with Crippen LogP contribution in [0.4, 0.5) is 4.39 Å². The lowest BCUT2D eigenvalue weighted by atomic mass is 9.71. The molecule has 1 aliphatic heterocycles. The predicted octanol–water partition coefficient (Wildman–Crippen LogP) is 4.80. The third-order valence-electron chi connectivity index (χ3n) is 6.44. The molecule has 1 aromatic heterocycles. The molecule has 3 aromatic rings. The molecule has 34 heavy (non-hydrogen) atoms. The van der Waals surface area contributed by atoms with Gasteiger partial charge in [-0.3, -0.25) is 5.10 Å². The van der Waals surface area contributed by atoms with Crippen molar-refractivity contribution in [3.05, 3.63) is 65.1 Å². The van der Waals surface area contributed by atoms with Crippen molar-refractivity contribution in [2.75, 3.05) is 33.4 Å². The number of rotatable bonds is 8. The van der Waals surface area contributed by atoms with Crippen LogP contribution in [0, 0.1) is 16.6 Å². The Morgan fingerprint density at radius 1 is 1.26 bits per heavy atom. The molecule has 1 saturated heterocycles. The number of ether oxygens (including phenoxy) is 2. The first kappa shape index (κ1) is 23.9. The Morgan fingerprint density at radius 3 is 2.74 bits per heavy atom. The van der Waals surface area contributed by atoms with E-state index in [2.05, 4.69) is 41.5 Å². The Morgan fingerprint density at radius 2 is 2.03 bits per heavy atom. The van der Waals surface area contributed by atoms with E-state index in [9.17, 15) is 9.50 Å². The van der Waals surface area contributed by atoms with Gasteiger partial charge in [0.25, 0.3) is 0 Å². The van der Waals surface area contributed by atoms with Crippen molar-refractivity contribution in [1.29, 1.82) is 5.41 Å². The van der Waals surface area contributed by atoms with Gasteiger partial charge in [0.05, 0.1) is 17.8 Å². The molecule has 7 nitrogen and oxygen atoms in total. The van der Waals surface area contributed by atoms with E-state index in [4.69, 9.17) is 14.9 Å². The first-order valence-corrected chi connectivity index (χ1v) is 11.4. The highest BCUT2D eigenvalue weighted by molar-refractivity contribution is 6.10. The molecule has 0 saturated carbocycles. The minimum atomic E-state index is -0.564. The van der Waals surface area contributed by atoms with Crippen LogP contribution in [0.3, 0.4) is 0 Å². The van der Waals surface area contributed by atoms with Crippen LogP contribution in [-0.4, -0.2) is 54.4 Å². The predicted molar refractivity (Wildman–Crippen MR) is 131 cm³/mol. The van der Waals surface area contributed by atoms with Gasteiger partial charge in [0, 0.05) is 31.2 Å². The van der Waals surface area contributed by atoms with Crippen molar-refractivity contribution in [1.82, 2.24) is 15.5 Å². The summed E-state index contributed by atoms with van der Waals surface area (Å²) in [5.41, 5.74) is 2.94. The molecule has 0 amide bonds. The second kappa shape index (κ2) is 9.95. The Bertz CT molecular complexity index is 1200. The van der Waals surface area contributed by atoms with E-state index in [0.717, 1.165) is 19.5 Å². The molecule has 1 atom stereocenters. The van der Waals surface area contributed by atoms with Crippen LogP contribution < -0.4 is 10.1 Å². The zero-order valence-electron chi connectivity index (χ0n) is 19.7. The zero-order chi connectivity index (χ0) is 24.3. The highest BCUT2D eigenvalue weighted by Gasteiger charge is 2.33. The number of nitrogens with zero attached hydrogens (tertiary/aromatic N) is 1. The number of aromatic amines is 1. The first-order chi connectivity index (χ1) is 16.3. The summed E-state index contributed by atoms with van der Waals surface area (Å²) in [4.78, 5) is 0. The molecule has 1 aliphatic rings. The summed E-state index contributed by atoms with van der Waals surface area (Å²) < 4.78 is 24.8. The molecule has 2 aromatic carbocycles. The normalized spacial score (nSPS) is 18.2. The fraction of sp³-hybridized carbons (Fsp3) is 0.385. The Hall–Kier alpha value is -3.23.